The second kappa shape index (κ2) is 38.0. The summed E-state index contributed by atoms with van der Waals surface area (Å²) in [6.07, 6.45) is 41.5. The minimum atomic E-state index is -4.30. The number of likely N-dealkylation sites (N-methyl/N-ethyl adjacent to an activating group) is 1. The van der Waals surface area contributed by atoms with Crippen LogP contribution < -0.4 is 5.32 Å². The lowest BCUT2D eigenvalue weighted by atomic mass is 10.0. The highest BCUT2D eigenvalue weighted by atomic mass is 31.2. The number of nitrogens with zero attached hydrogens (tertiary/aromatic N) is 1. The molecule has 324 valence electrons. The van der Waals surface area contributed by atoms with Gasteiger partial charge in [0.25, 0.3) is 0 Å². The molecule has 0 saturated heterocycles. The third-order valence-corrected chi connectivity index (χ3v) is 11.8. The molecule has 0 aromatic heterocycles. The van der Waals surface area contributed by atoms with Crippen LogP contribution in [0.1, 0.15) is 232 Å². The average molecular weight is 790 g/mol. The zero-order valence-corrected chi connectivity index (χ0v) is 37.6. The summed E-state index contributed by atoms with van der Waals surface area (Å²) in [4.78, 5) is 23.1. The van der Waals surface area contributed by atoms with Crippen molar-refractivity contribution in [3.8, 4) is 0 Å². The quantitative estimate of drug-likeness (QED) is 0.0323. The summed E-state index contributed by atoms with van der Waals surface area (Å²) >= 11 is 0. The number of phosphoric ester groups is 1. The molecule has 0 bridgehead atoms. The number of aliphatic hydroxyl groups excluding tert-OH is 1. The van der Waals surface area contributed by atoms with Crippen LogP contribution in [0.25, 0.3) is 0 Å². The number of hydrogen-bond acceptors (Lipinski definition) is 5. The van der Waals surface area contributed by atoms with Crippen molar-refractivity contribution < 1.29 is 32.9 Å². The van der Waals surface area contributed by atoms with E-state index in [0.29, 0.717) is 23.9 Å². The van der Waals surface area contributed by atoms with Gasteiger partial charge in [-0.05, 0) is 12.8 Å². The number of phosphoric acid groups is 1. The van der Waals surface area contributed by atoms with Crippen LogP contribution >= 0.6 is 7.82 Å². The number of amides is 1. The van der Waals surface area contributed by atoms with Gasteiger partial charge in [0, 0.05) is 6.42 Å². The maximum absolute atomic E-state index is 12.9. The molecule has 3 unspecified atom stereocenters. The molecule has 0 heterocycles. The first-order chi connectivity index (χ1) is 26.0. The molecule has 0 aromatic rings. The highest BCUT2D eigenvalue weighted by molar-refractivity contribution is 7.47. The molecular weight excluding hydrogens is 695 g/mol. The van der Waals surface area contributed by atoms with Crippen LogP contribution in [0.3, 0.4) is 0 Å². The van der Waals surface area contributed by atoms with Gasteiger partial charge in [0.05, 0.1) is 39.9 Å². The van der Waals surface area contributed by atoms with Gasteiger partial charge in [-0.1, -0.05) is 213 Å². The lowest BCUT2D eigenvalue weighted by Gasteiger charge is -2.26. The van der Waals surface area contributed by atoms with Crippen LogP contribution in [0.5, 0.6) is 0 Å². The molecule has 0 aliphatic rings. The van der Waals surface area contributed by atoms with Crippen LogP contribution in [0.2, 0.25) is 0 Å². The number of hydrogen-bond donors (Lipinski definition) is 3. The largest absolute Gasteiger partial charge is 0.472 e. The monoisotopic (exact) mass is 790 g/mol. The van der Waals surface area contributed by atoms with Gasteiger partial charge in [-0.15, -0.1) is 0 Å². The first-order valence-electron chi connectivity index (χ1n) is 23.4. The van der Waals surface area contributed by atoms with Crippen molar-refractivity contribution in [1.82, 2.24) is 5.32 Å². The average Bonchev–Trinajstić information content (AvgIpc) is 3.12. The molecule has 0 aliphatic carbocycles. The van der Waals surface area contributed by atoms with Crippen molar-refractivity contribution >= 4 is 13.7 Å². The lowest BCUT2D eigenvalue weighted by molar-refractivity contribution is -0.870. The summed E-state index contributed by atoms with van der Waals surface area (Å²) in [6.45, 7) is 4.89. The summed E-state index contributed by atoms with van der Waals surface area (Å²) < 4.78 is 23.6. The van der Waals surface area contributed by atoms with Crippen molar-refractivity contribution in [3.63, 3.8) is 0 Å². The van der Waals surface area contributed by atoms with Crippen LogP contribution in [0, 0.1) is 0 Å². The third kappa shape index (κ3) is 39.7. The van der Waals surface area contributed by atoms with Crippen LogP contribution in [-0.4, -0.2) is 73.4 Å². The van der Waals surface area contributed by atoms with Gasteiger partial charge >= 0.3 is 7.82 Å². The van der Waals surface area contributed by atoms with Crippen molar-refractivity contribution in [2.45, 2.75) is 244 Å². The Morgan fingerprint density at radius 1 is 0.556 bits per heavy atom. The fourth-order valence-electron chi connectivity index (χ4n) is 7.11. The van der Waals surface area contributed by atoms with E-state index in [1.165, 1.54) is 167 Å². The van der Waals surface area contributed by atoms with Crippen molar-refractivity contribution in [2.24, 2.45) is 0 Å². The molecule has 54 heavy (non-hydrogen) atoms. The summed E-state index contributed by atoms with van der Waals surface area (Å²) in [5.74, 6) is -0.142. The van der Waals surface area contributed by atoms with E-state index in [0.717, 1.165) is 38.5 Å². The van der Waals surface area contributed by atoms with Crippen molar-refractivity contribution in [1.29, 1.82) is 0 Å². The van der Waals surface area contributed by atoms with Gasteiger partial charge in [-0.25, -0.2) is 4.57 Å². The maximum Gasteiger partial charge on any atom is 0.472 e. The Morgan fingerprint density at radius 3 is 1.24 bits per heavy atom. The van der Waals surface area contributed by atoms with Gasteiger partial charge in [0.15, 0.2) is 0 Å². The zero-order valence-electron chi connectivity index (χ0n) is 36.7. The van der Waals surface area contributed by atoms with Gasteiger partial charge in [-0.3, -0.25) is 13.8 Å². The maximum atomic E-state index is 12.9. The molecule has 0 aromatic carbocycles. The number of unbranched alkanes of at least 4 members (excludes halogenated alkanes) is 30. The van der Waals surface area contributed by atoms with Gasteiger partial charge in [0.1, 0.15) is 13.2 Å². The molecule has 0 fully saturated rings. The van der Waals surface area contributed by atoms with E-state index < -0.39 is 20.0 Å². The summed E-state index contributed by atoms with van der Waals surface area (Å²) in [5.41, 5.74) is 0. The number of carbonyl (C=O) groups excluding carboxylic acids is 1. The number of aliphatic hydroxyl groups is 1. The number of carbonyl (C=O) groups is 1. The summed E-state index contributed by atoms with van der Waals surface area (Å²) in [6, 6.07) is -0.751. The van der Waals surface area contributed by atoms with E-state index in [2.05, 4.69) is 19.2 Å². The Balaban J connectivity index is 4.09. The van der Waals surface area contributed by atoms with Crippen molar-refractivity contribution in [2.75, 3.05) is 40.9 Å². The predicted octanol–water partition coefficient (Wildman–Crippen LogP) is 13.0. The molecule has 9 heteroatoms. The van der Waals surface area contributed by atoms with E-state index in [1.807, 2.05) is 21.1 Å². The smallest absolute Gasteiger partial charge is 0.391 e. The highest BCUT2D eigenvalue weighted by Crippen LogP contribution is 2.43. The standard InChI is InChI=1S/C45H93N2O6P/c1-6-8-10-12-14-16-17-18-19-20-21-22-23-24-25-26-27-28-29-31-33-35-37-39-45(49)46-43(42-53-54(50,51)52-41-40-47(3,4)5)44(48)38-36-34-32-30-15-13-11-9-7-2/h43-44,48H,6-42H2,1-5H3,(H-,46,49,50,51)/p+1. The molecule has 0 radical (unpaired) electrons. The number of rotatable bonds is 43. The molecule has 0 saturated carbocycles. The van der Waals surface area contributed by atoms with Gasteiger partial charge in [0.2, 0.25) is 5.91 Å². The van der Waals surface area contributed by atoms with E-state index in [-0.39, 0.29) is 19.1 Å². The fourth-order valence-corrected chi connectivity index (χ4v) is 7.84. The predicted molar refractivity (Wildman–Crippen MR) is 231 cm³/mol. The lowest BCUT2D eigenvalue weighted by Crippen LogP contribution is -2.46. The van der Waals surface area contributed by atoms with E-state index >= 15 is 0 Å². The molecule has 0 rings (SSSR count). The Hall–Kier alpha value is -0.500. The molecule has 1 amide bonds. The fraction of sp³-hybridized carbons (Fsp3) is 0.978. The molecule has 3 atom stereocenters. The zero-order chi connectivity index (χ0) is 40.0. The van der Waals surface area contributed by atoms with Gasteiger partial charge < -0.3 is 19.8 Å². The number of nitrogens with one attached hydrogen (secondary N) is 1. The summed E-state index contributed by atoms with van der Waals surface area (Å²) in [5, 5.41) is 13.9. The van der Waals surface area contributed by atoms with Gasteiger partial charge in [-0.2, -0.15) is 0 Å². The second-order valence-electron chi connectivity index (χ2n) is 17.5. The normalized spacial score (nSPS) is 14.3. The molecule has 3 N–H and O–H groups in total. The van der Waals surface area contributed by atoms with E-state index in [1.54, 1.807) is 0 Å². The Kier molecular flexibility index (Phi) is 37.7. The Morgan fingerprint density at radius 2 is 0.889 bits per heavy atom. The Bertz CT molecular complexity index is 855. The molecule has 8 nitrogen and oxygen atoms in total. The second-order valence-corrected chi connectivity index (χ2v) is 19.0. The molecular formula is C45H94N2O6P+. The minimum Gasteiger partial charge on any atom is -0.391 e. The van der Waals surface area contributed by atoms with E-state index in [4.69, 9.17) is 9.05 Å². The topological polar surface area (TPSA) is 105 Å². The third-order valence-electron chi connectivity index (χ3n) is 10.9. The van der Waals surface area contributed by atoms with Crippen molar-refractivity contribution in [3.05, 3.63) is 0 Å². The van der Waals surface area contributed by atoms with E-state index in [9.17, 15) is 19.4 Å². The highest BCUT2D eigenvalue weighted by Gasteiger charge is 2.28. The van der Waals surface area contributed by atoms with Crippen LogP contribution in [0.15, 0.2) is 0 Å². The molecule has 0 spiro atoms. The first kappa shape index (κ1) is 53.5. The Labute approximate surface area is 336 Å². The van der Waals surface area contributed by atoms with Crippen LogP contribution in [-0.2, 0) is 18.4 Å². The minimum absolute atomic E-state index is 0.0782. The number of quaternary nitrogens is 1. The molecule has 0 aliphatic heterocycles. The first-order valence-corrected chi connectivity index (χ1v) is 24.9. The SMILES string of the molecule is CCCCCCCCCCCCCCCCCCCCCCCCCC(=O)NC(COP(=O)(O)OCC[N+](C)(C)C)C(O)CCCCCCCCCCC. The summed E-state index contributed by atoms with van der Waals surface area (Å²) in [7, 11) is 1.63. The van der Waals surface area contributed by atoms with Crippen LogP contribution in [0.4, 0.5) is 0 Å².